The molecule has 1 fully saturated rings. The van der Waals surface area contributed by atoms with Crippen LogP contribution in [0.2, 0.25) is 0 Å². The second-order valence-corrected chi connectivity index (χ2v) is 6.48. The Labute approximate surface area is 141 Å². The number of benzene rings is 1. The van der Waals surface area contributed by atoms with E-state index in [1.165, 1.54) is 29.6 Å². The minimum atomic E-state index is -0.308. The summed E-state index contributed by atoms with van der Waals surface area (Å²) in [5.74, 6) is 0.102. The van der Waals surface area contributed by atoms with Crippen LogP contribution in [0, 0.1) is 12.3 Å². The van der Waals surface area contributed by atoms with Crippen molar-refractivity contribution in [2.24, 2.45) is 0 Å². The van der Waals surface area contributed by atoms with Crippen molar-refractivity contribution in [3.63, 3.8) is 0 Å². The van der Waals surface area contributed by atoms with E-state index in [-0.39, 0.29) is 17.4 Å². The average molecular weight is 325 g/mol. The number of hydrogen-bond donors (Lipinski definition) is 3. The number of carbonyl (C=O) groups excluding carboxylic acids is 1. The van der Waals surface area contributed by atoms with Crippen molar-refractivity contribution in [2.75, 3.05) is 13.1 Å². The molecule has 1 amide bonds. The maximum Gasteiger partial charge on any atom is 0.271 e. The molecule has 126 valence electrons. The van der Waals surface area contributed by atoms with E-state index in [0.717, 1.165) is 18.4 Å². The first-order valence-corrected chi connectivity index (χ1v) is 8.29. The Balaban J connectivity index is 1.73. The van der Waals surface area contributed by atoms with E-state index in [2.05, 4.69) is 30.1 Å². The van der Waals surface area contributed by atoms with Gasteiger partial charge in [0, 0.05) is 35.8 Å². The van der Waals surface area contributed by atoms with Gasteiger partial charge in [-0.1, -0.05) is 18.2 Å². The molecule has 0 aliphatic carbocycles. The van der Waals surface area contributed by atoms with Crippen molar-refractivity contribution in [3.8, 4) is 0 Å². The number of aromatic nitrogens is 1. The third-order valence-corrected chi connectivity index (χ3v) is 4.72. The van der Waals surface area contributed by atoms with Gasteiger partial charge >= 0.3 is 0 Å². The summed E-state index contributed by atoms with van der Waals surface area (Å²) in [6, 6.07) is 8.33. The molecule has 0 atom stereocenters. The van der Waals surface area contributed by atoms with Gasteiger partial charge in [0.2, 0.25) is 0 Å². The van der Waals surface area contributed by atoms with Gasteiger partial charge in [0.25, 0.3) is 5.91 Å². The van der Waals surface area contributed by atoms with Gasteiger partial charge in [0.15, 0.2) is 0 Å². The number of amides is 1. The Morgan fingerprint density at radius 2 is 2.00 bits per heavy atom. The van der Waals surface area contributed by atoms with Crippen LogP contribution >= 0.6 is 0 Å². The van der Waals surface area contributed by atoms with E-state index < -0.39 is 0 Å². The van der Waals surface area contributed by atoms with Gasteiger partial charge in [0.1, 0.15) is 5.71 Å². The number of fused-ring (bicyclic) bond motifs is 1. The third kappa shape index (κ3) is 3.07. The molecule has 3 N–H and O–H groups in total. The van der Waals surface area contributed by atoms with Gasteiger partial charge in [-0.2, -0.15) is 0 Å². The summed E-state index contributed by atoms with van der Waals surface area (Å²) < 4.78 is 0. The highest BCUT2D eigenvalue weighted by atomic mass is 16.3. The number of aliphatic hydroxyl groups excluding tert-OH is 1. The van der Waals surface area contributed by atoms with Crippen LogP contribution in [0.15, 0.2) is 36.1 Å². The van der Waals surface area contributed by atoms with Gasteiger partial charge in [-0.25, -0.2) is 0 Å². The van der Waals surface area contributed by atoms with Crippen molar-refractivity contribution in [1.82, 2.24) is 9.88 Å². The quantitative estimate of drug-likeness (QED) is 0.594. The van der Waals surface area contributed by atoms with Crippen molar-refractivity contribution in [2.45, 2.75) is 32.6 Å². The largest absolute Gasteiger partial charge is 0.513 e. The molecule has 0 saturated carbocycles. The van der Waals surface area contributed by atoms with Gasteiger partial charge < -0.3 is 15.0 Å². The highest BCUT2D eigenvalue weighted by molar-refractivity contribution is 6.42. The number of allylic oxidation sites excluding steroid dienone is 1. The van der Waals surface area contributed by atoms with Crippen LogP contribution in [0.25, 0.3) is 10.9 Å². The van der Waals surface area contributed by atoms with E-state index in [1.54, 1.807) is 4.90 Å². The van der Waals surface area contributed by atoms with Crippen molar-refractivity contribution >= 4 is 22.5 Å². The SMILES string of the molecule is C/C(O)=C/C(=N)C(=O)N1CCC(c2c(C)[nH]c3ccccc23)CC1. The molecular formula is C19H23N3O2. The average Bonchev–Trinajstić information content (AvgIpc) is 2.89. The molecule has 1 aromatic heterocycles. The molecule has 0 bridgehead atoms. The van der Waals surface area contributed by atoms with Crippen LogP contribution in [0.5, 0.6) is 0 Å². The molecule has 0 unspecified atom stereocenters. The lowest BCUT2D eigenvalue weighted by molar-refractivity contribution is -0.125. The minimum absolute atomic E-state index is 0.0161. The standard InChI is InChI=1S/C19H23N3O2/c1-12(23)11-16(20)19(24)22-9-7-14(8-10-22)18-13(2)21-17-6-4-3-5-15(17)18/h3-6,11,14,20-21,23H,7-10H2,1-2H3/b12-11-,20-16?. The second-order valence-electron chi connectivity index (χ2n) is 6.48. The van der Waals surface area contributed by atoms with E-state index in [1.807, 2.05) is 6.07 Å². The van der Waals surface area contributed by atoms with Crippen LogP contribution in [-0.4, -0.2) is 39.7 Å². The Bertz CT molecular complexity index is 807. The zero-order chi connectivity index (χ0) is 17.3. The normalized spacial score (nSPS) is 16.6. The number of nitrogens with zero attached hydrogens (tertiary/aromatic N) is 1. The number of aliphatic hydroxyl groups is 1. The summed E-state index contributed by atoms with van der Waals surface area (Å²) >= 11 is 0. The van der Waals surface area contributed by atoms with E-state index in [9.17, 15) is 9.90 Å². The lowest BCUT2D eigenvalue weighted by Crippen LogP contribution is -2.41. The number of carbonyl (C=O) groups is 1. The molecule has 1 aliphatic rings. The highest BCUT2D eigenvalue weighted by Crippen LogP contribution is 2.35. The third-order valence-electron chi connectivity index (χ3n) is 4.72. The smallest absolute Gasteiger partial charge is 0.271 e. The van der Waals surface area contributed by atoms with Crippen LogP contribution in [-0.2, 0) is 4.79 Å². The Morgan fingerprint density at radius 1 is 1.33 bits per heavy atom. The van der Waals surface area contributed by atoms with Gasteiger partial charge in [-0.15, -0.1) is 0 Å². The van der Waals surface area contributed by atoms with E-state index in [4.69, 9.17) is 5.41 Å². The zero-order valence-electron chi connectivity index (χ0n) is 14.1. The van der Waals surface area contributed by atoms with E-state index >= 15 is 0 Å². The molecule has 3 rings (SSSR count). The first kappa shape index (κ1) is 16.3. The van der Waals surface area contributed by atoms with Crippen molar-refractivity contribution in [1.29, 1.82) is 5.41 Å². The fourth-order valence-corrected chi connectivity index (χ4v) is 3.64. The summed E-state index contributed by atoms with van der Waals surface area (Å²) in [4.78, 5) is 17.4. The predicted molar refractivity (Wildman–Crippen MR) is 95.7 cm³/mol. The molecule has 2 aromatic rings. The first-order chi connectivity index (χ1) is 11.5. The molecule has 5 nitrogen and oxygen atoms in total. The summed E-state index contributed by atoms with van der Waals surface area (Å²) in [6.45, 7) is 4.86. The number of likely N-dealkylation sites (tertiary alicyclic amines) is 1. The minimum Gasteiger partial charge on any atom is -0.513 e. The second kappa shape index (κ2) is 6.51. The summed E-state index contributed by atoms with van der Waals surface area (Å²) in [5.41, 5.74) is 3.57. The van der Waals surface area contributed by atoms with Crippen LogP contribution in [0.4, 0.5) is 0 Å². The topological polar surface area (TPSA) is 80.2 Å². The maximum absolute atomic E-state index is 12.2. The number of aryl methyl sites for hydroxylation is 1. The fraction of sp³-hybridized carbons (Fsp3) is 0.368. The van der Waals surface area contributed by atoms with Crippen LogP contribution in [0.3, 0.4) is 0 Å². The molecule has 0 radical (unpaired) electrons. The molecule has 24 heavy (non-hydrogen) atoms. The first-order valence-electron chi connectivity index (χ1n) is 8.29. The van der Waals surface area contributed by atoms with Crippen LogP contribution < -0.4 is 0 Å². The Kier molecular flexibility index (Phi) is 4.42. The molecule has 1 saturated heterocycles. The van der Waals surface area contributed by atoms with E-state index in [0.29, 0.717) is 19.0 Å². The fourth-order valence-electron chi connectivity index (χ4n) is 3.64. The molecule has 2 heterocycles. The molecule has 1 aliphatic heterocycles. The Hall–Kier alpha value is -2.56. The molecule has 1 aromatic carbocycles. The predicted octanol–water partition coefficient (Wildman–Crippen LogP) is 3.66. The van der Waals surface area contributed by atoms with Crippen molar-refractivity contribution in [3.05, 3.63) is 47.4 Å². The number of aromatic amines is 1. The monoisotopic (exact) mass is 325 g/mol. The summed E-state index contributed by atoms with van der Waals surface area (Å²) in [7, 11) is 0. The maximum atomic E-state index is 12.2. The number of H-pyrrole nitrogens is 1. The Morgan fingerprint density at radius 3 is 2.67 bits per heavy atom. The number of piperidine rings is 1. The lowest BCUT2D eigenvalue weighted by atomic mass is 9.87. The summed E-state index contributed by atoms with van der Waals surface area (Å²) in [5, 5.41) is 18.2. The molecule has 5 heteroatoms. The number of nitrogens with one attached hydrogen (secondary N) is 2. The molecular weight excluding hydrogens is 302 g/mol. The van der Waals surface area contributed by atoms with Crippen molar-refractivity contribution < 1.29 is 9.90 Å². The zero-order valence-corrected chi connectivity index (χ0v) is 14.1. The number of rotatable bonds is 3. The van der Waals surface area contributed by atoms with Crippen LogP contribution in [0.1, 0.15) is 36.9 Å². The van der Waals surface area contributed by atoms with Gasteiger partial charge in [0.05, 0.1) is 5.76 Å². The van der Waals surface area contributed by atoms with Gasteiger partial charge in [-0.05, 0) is 44.2 Å². The molecule has 0 spiro atoms. The number of hydrogen-bond acceptors (Lipinski definition) is 3. The van der Waals surface area contributed by atoms with Gasteiger partial charge in [-0.3, -0.25) is 10.2 Å². The number of para-hydroxylation sites is 1. The highest BCUT2D eigenvalue weighted by Gasteiger charge is 2.27. The lowest BCUT2D eigenvalue weighted by Gasteiger charge is -2.32. The summed E-state index contributed by atoms with van der Waals surface area (Å²) in [6.07, 6.45) is 2.99.